The molecule has 1 atom stereocenters. The first kappa shape index (κ1) is 18.8. The van der Waals surface area contributed by atoms with Gasteiger partial charge in [0.05, 0.1) is 13.2 Å². The van der Waals surface area contributed by atoms with Crippen LogP contribution in [0.4, 0.5) is 0 Å². The van der Waals surface area contributed by atoms with Crippen molar-refractivity contribution in [3.63, 3.8) is 0 Å². The van der Waals surface area contributed by atoms with Crippen molar-refractivity contribution >= 4 is 0 Å². The Labute approximate surface area is 176 Å². The van der Waals surface area contributed by atoms with Gasteiger partial charge in [-0.25, -0.2) is 0 Å². The van der Waals surface area contributed by atoms with Crippen molar-refractivity contribution in [3.8, 4) is 23.0 Å². The van der Waals surface area contributed by atoms with E-state index >= 15 is 0 Å². The predicted molar refractivity (Wildman–Crippen MR) is 115 cm³/mol. The SMILES string of the molecule is COc1cccc(C2NCCc3cc4c(cc32)OCCO4)c1OCc1ccccc1. The number of para-hydroxylation sites is 1. The Balaban J connectivity index is 1.53. The molecule has 0 spiro atoms. The van der Waals surface area contributed by atoms with Crippen molar-refractivity contribution in [2.75, 3.05) is 26.9 Å². The number of ether oxygens (including phenoxy) is 4. The van der Waals surface area contributed by atoms with Crippen molar-refractivity contribution in [2.45, 2.75) is 19.1 Å². The van der Waals surface area contributed by atoms with Gasteiger partial charge in [0.25, 0.3) is 0 Å². The molecule has 0 amide bonds. The second-order valence-corrected chi connectivity index (χ2v) is 7.48. The van der Waals surface area contributed by atoms with Crippen LogP contribution in [0.1, 0.15) is 28.3 Å². The third-order valence-corrected chi connectivity index (χ3v) is 5.62. The third-order valence-electron chi connectivity index (χ3n) is 5.62. The van der Waals surface area contributed by atoms with E-state index in [0.29, 0.717) is 19.8 Å². The fraction of sp³-hybridized carbons (Fsp3) is 0.280. The zero-order chi connectivity index (χ0) is 20.3. The Bertz CT molecular complexity index is 1030. The minimum absolute atomic E-state index is 0.00884. The Kier molecular flexibility index (Phi) is 5.20. The summed E-state index contributed by atoms with van der Waals surface area (Å²) in [5.41, 5.74) is 4.65. The van der Waals surface area contributed by atoms with Crippen molar-refractivity contribution < 1.29 is 18.9 Å². The van der Waals surface area contributed by atoms with Gasteiger partial charge in [0.2, 0.25) is 0 Å². The van der Waals surface area contributed by atoms with E-state index in [1.807, 2.05) is 30.3 Å². The predicted octanol–water partition coefficient (Wildman–Crippen LogP) is 4.28. The average Bonchev–Trinajstić information content (AvgIpc) is 2.81. The standard InChI is InChI=1S/C25H25NO4/c1-27-21-9-5-8-19(25(21)30-16-17-6-3-2-4-7-17)24-20-15-23-22(28-12-13-29-23)14-18(20)10-11-26-24/h2-9,14-15,24,26H,10-13,16H2,1H3. The van der Waals surface area contributed by atoms with Gasteiger partial charge in [-0.2, -0.15) is 0 Å². The maximum Gasteiger partial charge on any atom is 0.166 e. The molecule has 3 aromatic carbocycles. The van der Waals surface area contributed by atoms with E-state index in [2.05, 4.69) is 35.6 Å². The molecule has 2 aliphatic heterocycles. The average molecular weight is 403 g/mol. The molecule has 0 saturated carbocycles. The van der Waals surface area contributed by atoms with Gasteiger partial charge >= 0.3 is 0 Å². The van der Waals surface area contributed by atoms with Crippen molar-refractivity contribution in [2.24, 2.45) is 0 Å². The van der Waals surface area contributed by atoms with E-state index in [1.165, 1.54) is 11.1 Å². The molecule has 5 nitrogen and oxygen atoms in total. The van der Waals surface area contributed by atoms with Gasteiger partial charge in [-0.15, -0.1) is 0 Å². The molecule has 1 unspecified atom stereocenters. The second kappa shape index (κ2) is 8.28. The highest BCUT2D eigenvalue weighted by atomic mass is 16.6. The quantitative estimate of drug-likeness (QED) is 0.689. The van der Waals surface area contributed by atoms with Crippen LogP contribution in [0, 0.1) is 0 Å². The van der Waals surface area contributed by atoms with E-state index in [0.717, 1.165) is 47.1 Å². The Hall–Kier alpha value is -3.18. The van der Waals surface area contributed by atoms with Crippen LogP contribution in [0.3, 0.4) is 0 Å². The minimum Gasteiger partial charge on any atom is -0.493 e. The summed E-state index contributed by atoms with van der Waals surface area (Å²) < 4.78 is 23.6. The molecule has 5 rings (SSSR count). The molecular formula is C25H25NO4. The van der Waals surface area contributed by atoms with Crippen LogP contribution in [0.2, 0.25) is 0 Å². The lowest BCUT2D eigenvalue weighted by Gasteiger charge is -2.31. The van der Waals surface area contributed by atoms with Gasteiger partial charge in [0.1, 0.15) is 19.8 Å². The van der Waals surface area contributed by atoms with Gasteiger partial charge < -0.3 is 24.3 Å². The number of hydrogen-bond acceptors (Lipinski definition) is 5. The van der Waals surface area contributed by atoms with Crippen LogP contribution in [0.5, 0.6) is 23.0 Å². The summed E-state index contributed by atoms with van der Waals surface area (Å²) in [5.74, 6) is 3.15. The third kappa shape index (κ3) is 3.57. The van der Waals surface area contributed by atoms with Gasteiger partial charge in [-0.05, 0) is 41.3 Å². The molecule has 0 saturated heterocycles. The van der Waals surface area contributed by atoms with Crippen LogP contribution < -0.4 is 24.3 Å². The maximum atomic E-state index is 6.31. The zero-order valence-electron chi connectivity index (χ0n) is 17.0. The maximum absolute atomic E-state index is 6.31. The van der Waals surface area contributed by atoms with E-state index in [4.69, 9.17) is 18.9 Å². The number of rotatable bonds is 5. The molecule has 0 aromatic heterocycles. The molecular weight excluding hydrogens is 378 g/mol. The highest BCUT2D eigenvalue weighted by Gasteiger charge is 2.28. The lowest BCUT2D eigenvalue weighted by Crippen LogP contribution is -2.31. The second-order valence-electron chi connectivity index (χ2n) is 7.48. The van der Waals surface area contributed by atoms with E-state index < -0.39 is 0 Å². The molecule has 30 heavy (non-hydrogen) atoms. The molecule has 1 N–H and O–H groups in total. The lowest BCUT2D eigenvalue weighted by molar-refractivity contribution is 0.171. The summed E-state index contributed by atoms with van der Waals surface area (Å²) >= 11 is 0. The van der Waals surface area contributed by atoms with Crippen LogP contribution in [-0.4, -0.2) is 26.9 Å². The van der Waals surface area contributed by atoms with Crippen molar-refractivity contribution in [1.82, 2.24) is 5.32 Å². The van der Waals surface area contributed by atoms with E-state index in [1.54, 1.807) is 7.11 Å². The largest absolute Gasteiger partial charge is 0.493 e. The van der Waals surface area contributed by atoms with Crippen LogP contribution in [-0.2, 0) is 13.0 Å². The Morgan fingerprint density at radius 1 is 0.933 bits per heavy atom. The first-order valence-corrected chi connectivity index (χ1v) is 10.3. The van der Waals surface area contributed by atoms with E-state index in [-0.39, 0.29) is 6.04 Å². The normalized spacial score (nSPS) is 17.2. The lowest BCUT2D eigenvalue weighted by atomic mass is 9.88. The molecule has 0 aliphatic carbocycles. The van der Waals surface area contributed by atoms with Crippen LogP contribution in [0.25, 0.3) is 0 Å². The first-order valence-electron chi connectivity index (χ1n) is 10.3. The Morgan fingerprint density at radius 2 is 1.73 bits per heavy atom. The van der Waals surface area contributed by atoms with Crippen LogP contribution >= 0.6 is 0 Å². The highest BCUT2D eigenvalue weighted by molar-refractivity contribution is 5.56. The first-order chi connectivity index (χ1) is 14.8. The molecule has 0 radical (unpaired) electrons. The van der Waals surface area contributed by atoms with Crippen molar-refractivity contribution in [3.05, 3.63) is 82.9 Å². The number of hydrogen-bond donors (Lipinski definition) is 1. The molecule has 2 heterocycles. The summed E-state index contributed by atoms with van der Waals surface area (Å²) in [5, 5.41) is 3.66. The molecule has 0 fully saturated rings. The summed E-state index contributed by atoms with van der Waals surface area (Å²) in [6.45, 7) is 2.54. The van der Waals surface area contributed by atoms with Crippen molar-refractivity contribution in [1.29, 1.82) is 0 Å². The summed E-state index contributed by atoms with van der Waals surface area (Å²) in [6, 6.07) is 20.5. The molecule has 154 valence electrons. The summed E-state index contributed by atoms with van der Waals surface area (Å²) in [7, 11) is 1.68. The molecule has 3 aromatic rings. The monoisotopic (exact) mass is 403 g/mol. The summed E-state index contributed by atoms with van der Waals surface area (Å²) in [4.78, 5) is 0. The molecule has 0 bridgehead atoms. The Morgan fingerprint density at radius 3 is 2.53 bits per heavy atom. The fourth-order valence-electron chi connectivity index (χ4n) is 4.18. The number of methoxy groups -OCH3 is 1. The fourth-order valence-corrected chi connectivity index (χ4v) is 4.18. The van der Waals surface area contributed by atoms with E-state index in [9.17, 15) is 0 Å². The highest BCUT2D eigenvalue weighted by Crippen LogP contribution is 2.43. The zero-order valence-corrected chi connectivity index (χ0v) is 17.0. The van der Waals surface area contributed by atoms with Gasteiger partial charge in [0, 0.05) is 12.1 Å². The van der Waals surface area contributed by atoms with Gasteiger partial charge in [0.15, 0.2) is 23.0 Å². The number of nitrogens with one attached hydrogen (secondary N) is 1. The smallest absolute Gasteiger partial charge is 0.166 e. The summed E-state index contributed by atoms with van der Waals surface area (Å²) in [6.07, 6.45) is 0.951. The van der Waals surface area contributed by atoms with Crippen LogP contribution in [0.15, 0.2) is 60.7 Å². The topological polar surface area (TPSA) is 49.0 Å². The molecule has 2 aliphatic rings. The number of fused-ring (bicyclic) bond motifs is 2. The van der Waals surface area contributed by atoms with Gasteiger partial charge in [-0.1, -0.05) is 42.5 Å². The minimum atomic E-state index is -0.00884. The number of benzene rings is 3. The molecule has 5 heteroatoms. The van der Waals surface area contributed by atoms with Gasteiger partial charge in [-0.3, -0.25) is 0 Å².